The van der Waals surface area contributed by atoms with Crippen molar-refractivity contribution >= 4 is 22.8 Å². The number of nitrogen functional groups attached to an aromatic ring is 1. The van der Waals surface area contributed by atoms with E-state index in [-0.39, 0.29) is 12.6 Å². The first-order valence-electron chi connectivity index (χ1n) is 13.2. The number of benzene rings is 1. The fourth-order valence-corrected chi connectivity index (χ4v) is 5.90. The first-order chi connectivity index (χ1) is 18.9. The van der Waals surface area contributed by atoms with Crippen LogP contribution in [0.15, 0.2) is 22.7 Å². The molecule has 2 aliphatic heterocycles. The number of piperazine rings is 1. The molecule has 39 heavy (non-hydrogen) atoms. The summed E-state index contributed by atoms with van der Waals surface area (Å²) >= 11 is 0. The number of aliphatic hydroxyl groups is 1. The van der Waals surface area contributed by atoms with Gasteiger partial charge in [-0.05, 0) is 25.0 Å². The number of nitrogens with zero attached hydrogens (tertiary/aromatic N) is 8. The fourth-order valence-electron chi connectivity index (χ4n) is 5.90. The molecule has 2 atom stereocenters. The van der Waals surface area contributed by atoms with E-state index in [4.69, 9.17) is 20.1 Å². The van der Waals surface area contributed by atoms with Crippen LogP contribution in [0.4, 0.5) is 11.8 Å². The van der Waals surface area contributed by atoms with Crippen LogP contribution in [-0.4, -0.2) is 90.2 Å². The second-order valence-electron chi connectivity index (χ2n) is 10.3. The summed E-state index contributed by atoms with van der Waals surface area (Å²) in [5.74, 6) is 2.54. The van der Waals surface area contributed by atoms with Gasteiger partial charge < -0.3 is 25.4 Å². The molecule has 2 aliphatic rings. The zero-order valence-corrected chi connectivity index (χ0v) is 22.5. The average Bonchev–Trinajstić information content (AvgIpc) is 3.68. The largest absolute Gasteiger partial charge is 0.496 e. The third kappa shape index (κ3) is 5.00. The predicted molar refractivity (Wildman–Crippen MR) is 144 cm³/mol. The van der Waals surface area contributed by atoms with Crippen LogP contribution in [-0.2, 0) is 19.6 Å². The molecule has 0 spiro atoms. The van der Waals surface area contributed by atoms with E-state index in [1.165, 1.54) is 12.0 Å². The van der Waals surface area contributed by atoms with E-state index in [0.29, 0.717) is 48.2 Å². The summed E-state index contributed by atoms with van der Waals surface area (Å²) in [5.41, 5.74) is 10.4. The number of aliphatic hydroxyl groups excluding tert-OH is 1. The molecule has 3 aromatic heterocycles. The van der Waals surface area contributed by atoms with E-state index >= 15 is 0 Å². The Hall–Kier alpha value is -3.81. The second kappa shape index (κ2) is 10.4. The fraction of sp³-hybridized carbons (Fsp3) is 0.500. The topological polar surface area (TPSA) is 157 Å². The maximum Gasteiger partial charge on any atom is 0.223 e. The molecule has 0 unspecified atom stereocenters. The molecule has 5 heterocycles. The van der Waals surface area contributed by atoms with Gasteiger partial charge in [0.25, 0.3) is 0 Å². The number of β-amino-alcohol motifs (C(OH)–C–C–N with tert-alkyl or cyclic N) is 1. The van der Waals surface area contributed by atoms with Crippen LogP contribution in [0.5, 0.6) is 5.75 Å². The number of hydrogen-bond donors (Lipinski definition) is 3. The van der Waals surface area contributed by atoms with E-state index in [1.807, 2.05) is 11.6 Å². The SMILES string of the molecule is COc1cc(CN2C[C@@H]3C[C@H]2CN3CCO)ccc1Cn1nc(C)c2nc(N)nc(NCc3noc(C)n3)c21. The molecular formula is C26H34N10O3. The van der Waals surface area contributed by atoms with Gasteiger partial charge in [-0.2, -0.15) is 15.1 Å². The van der Waals surface area contributed by atoms with Crippen molar-refractivity contribution in [1.82, 2.24) is 39.7 Å². The third-order valence-corrected chi connectivity index (χ3v) is 7.67. The molecule has 6 rings (SSSR count). The minimum atomic E-state index is 0.161. The van der Waals surface area contributed by atoms with E-state index in [2.05, 4.69) is 53.4 Å². The van der Waals surface area contributed by atoms with Crippen LogP contribution in [0, 0.1) is 13.8 Å². The summed E-state index contributed by atoms with van der Waals surface area (Å²) in [5, 5.41) is 21.3. The number of hydrogen-bond acceptors (Lipinski definition) is 12. The smallest absolute Gasteiger partial charge is 0.223 e. The van der Waals surface area contributed by atoms with Gasteiger partial charge in [-0.15, -0.1) is 0 Å². The summed E-state index contributed by atoms with van der Waals surface area (Å²) in [6, 6.07) is 7.48. The monoisotopic (exact) mass is 534 g/mol. The Labute approximate surface area is 226 Å². The highest BCUT2D eigenvalue weighted by molar-refractivity contribution is 5.88. The second-order valence-corrected chi connectivity index (χ2v) is 10.3. The Balaban J connectivity index is 1.22. The van der Waals surface area contributed by atoms with Crippen LogP contribution >= 0.6 is 0 Å². The predicted octanol–water partition coefficient (Wildman–Crippen LogP) is 1.33. The molecule has 13 heteroatoms. The van der Waals surface area contributed by atoms with Gasteiger partial charge in [-0.1, -0.05) is 17.3 Å². The summed E-state index contributed by atoms with van der Waals surface area (Å²) < 4.78 is 12.8. The number of nitrogens with two attached hydrogens (primary N) is 1. The van der Waals surface area contributed by atoms with Crippen LogP contribution in [0.1, 0.15) is 35.0 Å². The number of methoxy groups -OCH3 is 1. The first kappa shape index (κ1) is 25.5. The molecule has 1 aromatic carbocycles. The summed E-state index contributed by atoms with van der Waals surface area (Å²) in [4.78, 5) is 18.1. The number of rotatable bonds is 10. The summed E-state index contributed by atoms with van der Waals surface area (Å²) in [7, 11) is 1.70. The standard InChI is InChI=1S/C26H34N10O3/c1-15-23-24(25(31-26(27)30-23)28-10-22-29-16(2)39-33-22)36(32-15)12-18-5-4-17(8-21(18)38-3)11-35-14-19-9-20(35)13-34(19)6-7-37/h4-5,8,19-20,37H,6-7,9-14H2,1-3H3,(H3,27,28,30,31)/t19-,20-/m0/s1. The van der Waals surface area contributed by atoms with Crippen molar-refractivity contribution in [1.29, 1.82) is 0 Å². The summed E-state index contributed by atoms with van der Waals surface area (Å²) in [6.45, 7) is 8.39. The normalized spacial score (nSPS) is 19.4. The van der Waals surface area contributed by atoms with Gasteiger partial charge in [0.05, 0.1) is 32.5 Å². The highest BCUT2D eigenvalue weighted by Crippen LogP contribution is 2.33. The molecule has 206 valence electrons. The van der Waals surface area contributed by atoms with Gasteiger partial charge in [0.1, 0.15) is 16.8 Å². The molecule has 0 saturated carbocycles. The Bertz CT molecular complexity index is 1480. The lowest BCUT2D eigenvalue weighted by Gasteiger charge is -2.33. The number of nitrogens with one attached hydrogen (secondary N) is 1. The van der Waals surface area contributed by atoms with Crippen molar-refractivity contribution in [2.45, 2.75) is 52.0 Å². The van der Waals surface area contributed by atoms with Crippen molar-refractivity contribution in [3.63, 3.8) is 0 Å². The van der Waals surface area contributed by atoms with Gasteiger partial charge >= 0.3 is 0 Å². The number of fused-ring (bicyclic) bond motifs is 3. The molecule has 2 bridgehead atoms. The highest BCUT2D eigenvalue weighted by atomic mass is 16.5. The quantitative estimate of drug-likeness (QED) is 0.269. The molecule has 0 aliphatic carbocycles. The molecule has 4 N–H and O–H groups in total. The van der Waals surface area contributed by atoms with Gasteiger partial charge in [0.2, 0.25) is 11.8 Å². The van der Waals surface area contributed by atoms with Gasteiger partial charge in [-0.25, -0.2) is 4.98 Å². The number of ether oxygens (including phenoxy) is 1. The van der Waals surface area contributed by atoms with Crippen molar-refractivity contribution in [2.75, 3.05) is 44.4 Å². The molecule has 0 radical (unpaired) electrons. The Morgan fingerprint density at radius 3 is 2.67 bits per heavy atom. The van der Waals surface area contributed by atoms with Crippen molar-refractivity contribution in [3.8, 4) is 5.75 Å². The molecule has 2 saturated heterocycles. The van der Waals surface area contributed by atoms with E-state index < -0.39 is 0 Å². The Kier molecular flexibility index (Phi) is 6.79. The van der Waals surface area contributed by atoms with Crippen LogP contribution in [0.2, 0.25) is 0 Å². The Morgan fingerprint density at radius 2 is 1.95 bits per heavy atom. The lowest BCUT2D eigenvalue weighted by molar-refractivity contribution is 0.105. The van der Waals surface area contributed by atoms with E-state index in [0.717, 1.165) is 48.7 Å². The minimum Gasteiger partial charge on any atom is -0.496 e. The van der Waals surface area contributed by atoms with Crippen LogP contribution in [0.3, 0.4) is 0 Å². The van der Waals surface area contributed by atoms with Crippen LogP contribution < -0.4 is 15.8 Å². The summed E-state index contributed by atoms with van der Waals surface area (Å²) in [6.07, 6.45) is 1.18. The average molecular weight is 535 g/mol. The molecular weight excluding hydrogens is 500 g/mol. The number of likely N-dealkylation sites (tertiary alicyclic amines) is 2. The highest BCUT2D eigenvalue weighted by Gasteiger charge is 2.42. The number of aryl methyl sites for hydroxylation is 2. The van der Waals surface area contributed by atoms with Crippen molar-refractivity contribution in [2.24, 2.45) is 0 Å². The molecule has 13 nitrogen and oxygen atoms in total. The van der Waals surface area contributed by atoms with Gasteiger partial charge in [0.15, 0.2) is 11.6 Å². The maximum atomic E-state index is 9.31. The molecule has 4 aromatic rings. The minimum absolute atomic E-state index is 0.161. The van der Waals surface area contributed by atoms with Crippen molar-refractivity contribution < 1.29 is 14.4 Å². The molecule has 2 fully saturated rings. The zero-order chi connectivity index (χ0) is 27.1. The molecule has 0 amide bonds. The number of anilines is 2. The van der Waals surface area contributed by atoms with E-state index in [9.17, 15) is 5.11 Å². The lowest BCUT2D eigenvalue weighted by atomic mass is 10.1. The number of aromatic nitrogens is 6. The van der Waals surface area contributed by atoms with E-state index in [1.54, 1.807) is 14.0 Å². The van der Waals surface area contributed by atoms with Crippen LogP contribution in [0.25, 0.3) is 11.0 Å². The Morgan fingerprint density at radius 1 is 1.13 bits per heavy atom. The van der Waals surface area contributed by atoms with Crippen molar-refractivity contribution in [3.05, 3.63) is 46.7 Å². The lowest BCUT2D eigenvalue weighted by Crippen LogP contribution is -2.46. The first-order valence-corrected chi connectivity index (χ1v) is 13.2. The third-order valence-electron chi connectivity index (χ3n) is 7.67. The van der Waals surface area contributed by atoms with Gasteiger partial charge in [-0.3, -0.25) is 14.5 Å². The zero-order valence-electron chi connectivity index (χ0n) is 22.5. The van der Waals surface area contributed by atoms with Gasteiger partial charge in [0, 0.05) is 50.7 Å². The maximum absolute atomic E-state index is 9.31.